The Hall–Kier alpha value is 0.450. The molecule has 0 bridgehead atoms. The first-order valence-corrected chi connectivity index (χ1v) is 10.0. The number of ketones is 1. The van der Waals surface area contributed by atoms with Crippen molar-refractivity contribution in [2.75, 3.05) is 13.2 Å². The van der Waals surface area contributed by atoms with E-state index in [4.69, 9.17) is 28.6 Å². The minimum absolute atomic E-state index is 0.187. The van der Waals surface area contributed by atoms with E-state index >= 15 is 0 Å². The van der Waals surface area contributed by atoms with Gasteiger partial charge < -0.3 is 15.3 Å². The van der Waals surface area contributed by atoms with Crippen LogP contribution in [-0.4, -0.2) is 29.2 Å². The first kappa shape index (κ1) is 25.3. The molecule has 0 rings (SSSR count). The molecule has 0 amide bonds. The Bertz CT molecular complexity index is 146. The summed E-state index contributed by atoms with van der Waals surface area (Å²) in [5.41, 5.74) is 0. The summed E-state index contributed by atoms with van der Waals surface area (Å²) in [5.74, 6) is -0.375. The number of aliphatic hydroxyl groups excluding tert-OH is 2. The molecule has 0 radical (unpaired) electrons. The van der Waals surface area contributed by atoms with Crippen molar-refractivity contribution < 1.29 is 37.7 Å². The van der Waals surface area contributed by atoms with Gasteiger partial charge >= 0.3 is 36.0 Å². The molecular weight excluding hydrogens is 336 g/mol. The number of carbonyl (C=O) groups excluding carboxylic acids is 1. The number of carbonyl (C=O) groups is 1. The summed E-state index contributed by atoms with van der Waals surface area (Å²) < 4.78 is 0. The molecule has 99 valence electrons. The SMILES string of the molecule is CC(=O)/C=C(/C)[O-].CCO.CCO.[Cl][Nb][Cl]. The van der Waals surface area contributed by atoms with E-state index in [1.54, 1.807) is 13.8 Å². The van der Waals surface area contributed by atoms with Crippen molar-refractivity contribution in [3.05, 3.63) is 11.8 Å². The topological polar surface area (TPSA) is 80.6 Å². The van der Waals surface area contributed by atoms with Crippen LogP contribution in [0.5, 0.6) is 0 Å². The second kappa shape index (κ2) is 29.5. The van der Waals surface area contributed by atoms with E-state index in [2.05, 4.69) is 0 Å². The van der Waals surface area contributed by atoms with Crippen molar-refractivity contribution in [2.45, 2.75) is 27.7 Å². The van der Waals surface area contributed by atoms with Gasteiger partial charge in [-0.1, -0.05) is 6.92 Å². The molecule has 0 aliphatic heterocycles. The van der Waals surface area contributed by atoms with Gasteiger partial charge in [0, 0.05) is 13.2 Å². The first-order valence-electron chi connectivity index (χ1n) is 4.37. The molecule has 0 heterocycles. The van der Waals surface area contributed by atoms with Gasteiger partial charge in [0.05, 0.1) is 0 Å². The van der Waals surface area contributed by atoms with Crippen molar-refractivity contribution in [1.29, 1.82) is 0 Å². The fourth-order valence-corrected chi connectivity index (χ4v) is 0.286. The standard InChI is InChI=1S/C5H8O2.2C2H6O.2ClH.Nb/c1-4(6)3-5(2)7;2*1-2-3;;;/h3,6H,1-2H3;2*3H,2H2,1H3;2*1H;/q;;;;;+2/p-3/b4-3-;;;;;. The van der Waals surface area contributed by atoms with Crippen LogP contribution in [0.25, 0.3) is 0 Å². The van der Waals surface area contributed by atoms with Gasteiger partial charge in [-0.3, -0.25) is 4.79 Å². The van der Waals surface area contributed by atoms with Gasteiger partial charge in [0.2, 0.25) is 0 Å². The molecule has 7 heteroatoms. The second-order valence-corrected chi connectivity index (χ2v) is 5.40. The average molecular weight is 355 g/mol. The monoisotopic (exact) mass is 354 g/mol. The molecule has 4 nitrogen and oxygen atoms in total. The van der Waals surface area contributed by atoms with Crippen molar-refractivity contribution in [1.82, 2.24) is 0 Å². The van der Waals surface area contributed by atoms with Gasteiger partial charge in [-0.05, 0) is 26.8 Å². The summed E-state index contributed by atoms with van der Waals surface area (Å²) in [6.45, 7) is 6.56. The zero-order chi connectivity index (χ0) is 14.0. The zero-order valence-corrected chi connectivity index (χ0v) is 13.6. The fourth-order valence-electron chi connectivity index (χ4n) is 0.286. The Kier molecular flexibility index (Phi) is 46.8. The van der Waals surface area contributed by atoms with Crippen LogP contribution in [0, 0.1) is 0 Å². The van der Waals surface area contributed by atoms with Crippen LogP contribution in [-0.2, 0) is 22.4 Å². The van der Waals surface area contributed by atoms with E-state index in [0.717, 1.165) is 6.08 Å². The van der Waals surface area contributed by atoms with E-state index in [1.165, 1.54) is 13.8 Å². The predicted octanol–water partition coefficient (Wildman–Crippen LogP) is 1.21. The van der Waals surface area contributed by atoms with Crippen LogP contribution >= 0.6 is 18.4 Å². The van der Waals surface area contributed by atoms with Gasteiger partial charge in [-0.2, -0.15) is 0 Å². The van der Waals surface area contributed by atoms with Crippen LogP contribution in [0.2, 0.25) is 0 Å². The summed E-state index contributed by atoms with van der Waals surface area (Å²) in [5, 5.41) is 25.1. The molecule has 0 saturated carbocycles. The molecule has 0 fully saturated rings. The summed E-state index contributed by atoms with van der Waals surface area (Å²) in [7, 11) is 9.83. The fraction of sp³-hybridized carbons (Fsp3) is 0.667. The normalized spacial score (nSPS) is 8.12. The average Bonchev–Trinajstić information content (AvgIpc) is 2.04. The van der Waals surface area contributed by atoms with Gasteiger partial charge in [0.1, 0.15) is 0 Å². The van der Waals surface area contributed by atoms with Crippen LogP contribution in [0.4, 0.5) is 0 Å². The van der Waals surface area contributed by atoms with Crippen molar-refractivity contribution >= 4 is 24.2 Å². The quantitative estimate of drug-likeness (QED) is 0.421. The van der Waals surface area contributed by atoms with Crippen molar-refractivity contribution in [3.8, 4) is 0 Å². The minimum atomic E-state index is -0.706. The third kappa shape index (κ3) is 132. The van der Waals surface area contributed by atoms with Crippen LogP contribution in [0.1, 0.15) is 27.7 Å². The Balaban J connectivity index is -0.0000000677. The number of rotatable bonds is 1. The summed E-state index contributed by atoms with van der Waals surface area (Å²) in [4.78, 5) is 9.98. The van der Waals surface area contributed by atoms with Crippen molar-refractivity contribution in [2.24, 2.45) is 0 Å². The van der Waals surface area contributed by atoms with Crippen LogP contribution in [0.3, 0.4) is 0 Å². The zero-order valence-electron chi connectivity index (χ0n) is 9.91. The van der Waals surface area contributed by atoms with Gasteiger partial charge in [-0.15, -0.1) is 5.76 Å². The predicted molar refractivity (Wildman–Crippen MR) is 61.7 cm³/mol. The number of allylic oxidation sites excluding steroid dienone is 2. The molecule has 0 saturated heterocycles. The summed E-state index contributed by atoms with van der Waals surface area (Å²) >= 11 is -0.706. The van der Waals surface area contributed by atoms with E-state index in [1.807, 2.05) is 0 Å². The molecule has 0 spiro atoms. The van der Waals surface area contributed by atoms with Crippen LogP contribution in [0.15, 0.2) is 11.8 Å². The third-order valence-electron chi connectivity index (χ3n) is 0.407. The number of halogens is 2. The van der Waals surface area contributed by atoms with Gasteiger partial charge in [0.25, 0.3) is 0 Å². The number of hydrogen-bond donors (Lipinski definition) is 2. The molecule has 16 heavy (non-hydrogen) atoms. The molecule has 0 aliphatic rings. The Morgan fingerprint density at radius 2 is 1.44 bits per heavy atom. The van der Waals surface area contributed by atoms with E-state index in [-0.39, 0.29) is 24.8 Å². The molecule has 2 N–H and O–H groups in total. The van der Waals surface area contributed by atoms with E-state index in [9.17, 15) is 9.90 Å². The molecule has 0 aliphatic carbocycles. The van der Waals surface area contributed by atoms with Gasteiger partial charge in [-0.25, -0.2) is 0 Å². The maximum absolute atomic E-state index is 9.98. The molecule has 0 aromatic rings. The molecule has 0 unspecified atom stereocenters. The summed E-state index contributed by atoms with van der Waals surface area (Å²) in [6.07, 6.45) is 1.06. The molecular formula is C9H19Cl2NbO4-. The molecule has 0 aromatic heterocycles. The van der Waals surface area contributed by atoms with Gasteiger partial charge in [0.15, 0.2) is 5.78 Å². The summed E-state index contributed by atoms with van der Waals surface area (Å²) in [6, 6.07) is 0. The Labute approximate surface area is 114 Å². The first-order chi connectivity index (χ1) is 7.37. The Morgan fingerprint density at radius 3 is 1.44 bits per heavy atom. The van der Waals surface area contributed by atoms with Crippen molar-refractivity contribution in [3.63, 3.8) is 0 Å². The Morgan fingerprint density at radius 1 is 1.25 bits per heavy atom. The van der Waals surface area contributed by atoms with Crippen LogP contribution < -0.4 is 5.11 Å². The molecule has 0 atom stereocenters. The molecule has 0 aromatic carbocycles. The number of hydrogen-bond acceptors (Lipinski definition) is 4. The van der Waals surface area contributed by atoms with E-state index < -0.39 is 17.6 Å². The van der Waals surface area contributed by atoms with E-state index in [0.29, 0.717) is 0 Å². The second-order valence-electron chi connectivity index (χ2n) is 2.06. The third-order valence-corrected chi connectivity index (χ3v) is 0.407. The maximum atomic E-state index is 9.98. The number of aliphatic hydroxyl groups is 2.